The van der Waals surface area contributed by atoms with E-state index < -0.39 is 9.84 Å². The molecule has 0 unspecified atom stereocenters. The molecule has 0 radical (unpaired) electrons. The standard InChI is InChI=1S/C22H16ClN3O2S2/c1-24-14-16-13-20(26(25-16)19-9-4-3-8-18(19)23)22-11-10-21(29-22)15-6-5-7-17(12-15)30(2,27)28/h3-13H,14H2,2H3. The first-order valence-corrected chi connectivity index (χ1v) is 12.0. The fourth-order valence-corrected chi connectivity index (χ4v) is 4.97. The summed E-state index contributed by atoms with van der Waals surface area (Å²) in [6.45, 7) is 7.34. The van der Waals surface area contributed by atoms with Crippen molar-refractivity contribution in [2.45, 2.75) is 11.4 Å². The van der Waals surface area contributed by atoms with Crippen molar-refractivity contribution in [2.75, 3.05) is 6.26 Å². The van der Waals surface area contributed by atoms with Gasteiger partial charge in [0.2, 0.25) is 0 Å². The number of hydrogen-bond acceptors (Lipinski definition) is 4. The summed E-state index contributed by atoms with van der Waals surface area (Å²) in [5.74, 6) is 0. The van der Waals surface area contributed by atoms with Crippen molar-refractivity contribution in [2.24, 2.45) is 0 Å². The maximum Gasteiger partial charge on any atom is 0.258 e. The Morgan fingerprint density at radius 3 is 2.57 bits per heavy atom. The zero-order chi connectivity index (χ0) is 21.3. The largest absolute Gasteiger partial charge is 0.310 e. The zero-order valence-electron chi connectivity index (χ0n) is 15.9. The Kier molecular flexibility index (Phi) is 5.48. The summed E-state index contributed by atoms with van der Waals surface area (Å²) in [7, 11) is -3.28. The Labute approximate surface area is 183 Å². The third-order valence-electron chi connectivity index (χ3n) is 4.49. The van der Waals surface area contributed by atoms with Crippen LogP contribution in [0.2, 0.25) is 5.02 Å². The molecule has 2 aromatic heterocycles. The molecule has 0 N–H and O–H groups in total. The fraction of sp³-hybridized carbons (Fsp3) is 0.0909. The van der Waals surface area contributed by atoms with Crippen molar-refractivity contribution in [3.63, 3.8) is 0 Å². The summed E-state index contributed by atoms with van der Waals surface area (Å²) >= 11 is 7.92. The smallest absolute Gasteiger partial charge is 0.258 e. The minimum Gasteiger partial charge on any atom is -0.310 e. The third-order valence-corrected chi connectivity index (χ3v) is 7.07. The third kappa shape index (κ3) is 4.03. The molecule has 0 saturated carbocycles. The maximum atomic E-state index is 11.9. The van der Waals surface area contributed by atoms with Gasteiger partial charge in [-0.05, 0) is 48.0 Å². The van der Waals surface area contributed by atoms with E-state index >= 15 is 0 Å². The highest BCUT2D eigenvalue weighted by atomic mass is 35.5. The van der Waals surface area contributed by atoms with E-state index in [0.29, 0.717) is 10.7 Å². The first-order chi connectivity index (χ1) is 14.4. The number of benzene rings is 2. The highest BCUT2D eigenvalue weighted by Gasteiger charge is 2.17. The summed E-state index contributed by atoms with van der Waals surface area (Å²) in [6.07, 6.45) is 1.20. The number of para-hydroxylation sites is 1. The molecule has 30 heavy (non-hydrogen) atoms. The molecule has 0 fully saturated rings. The molecule has 2 heterocycles. The second-order valence-electron chi connectivity index (χ2n) is 6.66. The van der Waals surface area contributed by atoms with Gasteiger partial charge in [-0.1, -0.05) is 35.9 Å². The minimum atomic E-state index is -3.28. The van der Waals surface area contributed by atoms with Gasteiger partial charge in [0, 0.05) is 11.1 Å². The highest BCUT2D eigenvalue weighted by Crippen LogP contribution is 2.37. The summed E-state index contributed by atoms with van der Waals surface area (Å²) in [6, 6.07) is 20.1. The van der Waals surface area contributed by atoms with E-state index in [9.17, 15) is 8.42 Å². The maximum absolute atomic E-state index is 11.9. The van der Waals surface area contributed by atoms with E-state index in [1.807, 2.05) is 42.5 Å². The fourth-order valence-electron chi connectivity index (χ4n) is 3.08. The van der Waals surface area contributed by atoms with E-state index in [1.54, 1.807) is 28.9 Å². The van der Waals surface area contributed by atoms with E-state index in [0.717, 1.165) is 26.7 Å². The van der Waals surface area contributed by atoms with Crippen molar-refractivity contribution < 1.29 is 8.42 Å². The summed E-state index contributed by atoms with van der Waals surface area (Å²) < 4.78 is 25.5. The average molecular weight is 454 g/mol. The molecule has 4 rings (SSSR count). The number of sulfone groups is 1. The number of rotatable bonds is 5. The van der Waals surface area contributed by atoms with Crippen LogP contribution >= 0.6 is 22.9 Å². The van der Waals surface area contributed by atoms with Gasteiger partial charge >= 0.3 is 0 Å². The molecule has 0 bridgehead atoms. The molecule has 0 amide bonds. The number of thiophene rings is 1. The summed E-state index contributed by atoms with van der Waals surface area (Å²) in [5, 5.41) is 5.15. The highest BCUT2D eigenvalue weighted by molar-refractivity contribution is 7.90. The lowest BCUT2D eigenvalue weighted by Crippen LogP contribution is -1.99. The van der Waals surface area contributed by atoms with E-state index in [1.165, 1.54) is 17.6 Å². The zero-order valence-corrected chi connectivity index (χ0v) is 18.3. The lowest BCUT2D eigenvalue weighted by Gasteiger charge is -2.07. The molecule has 150 valence electrons. The van der Waals surface area contributed by atoms with Crippen molar-refractivity contribution in [1.82, 2.24) is 9.78 Å². The molecule has 0 aliphatic carbocycles. The van der Waals surface area contributed by atoms with Crippen LogP contribution in [0.1, 0.15) is 5.69 Å². The number of aromatic nitrogens is 2. The molecule has 8 heteroatoms. The SMILES string of the molecule is [C-]#[N+]Cc1cc(-c2ccc(-c3cccc(S(C)(=O)=O)c3)s2)n(-c2ccccc2Cl)n1. The molecular formula is C22H16ClN3O2S2. The van der Waals surface area contributed by atoms with Gasteiger partial charge in [0.15, 0.2) is 9.84 Å². The number of hydrogen-bond donors (Lipinski definition) is 0. The van der Waals surface area contributed by atoms with Crippen LogP contribution in [0.15, 0.2) is 71.6 Å². The molecule has 2 aromatic carbocycles. The summed E-state index contributed by atoms with van der Waals surface area (Å²) in [5.41, 5.74) is 3.06. The normalized spacial score (nSPS) is 11.4. The Morgan fingerprint density at radius 1 is 1.07 bits per heavy atom. The van der Waals surface area contributed by atoms with Crippen molar-refractivity contribution in [1.29, 1.82) is 0 Å². The Balaban J connectivity index is 1.81. The average Bonchev–Trinajstić information content (AvgIpc) is 3.35. The first kappa shape index (κ1) is 20.4. The van der Waals surface area contributed by atoms with Crippen LogP contribution < -0.4 is 0 Å². The predicted molar refractivity (Wildman–Crippen MR) is 121 cm³/mol. The molecule has 0 aliphatic heterocycles. The van der Waals surface area contributed by atoms with Gasteiger partial charge in [0.25, 0.3) is 6.54 Å². The summed E-state index contributed by atoms with van der Waals surface area (Å²) in [4.78, 5) is 5.61. The Morgan fingerprint density at radius 2 is 1.83 bits per heavy atom. The monoisotopic (exact) mass is 453 g/mol. The molecule has 4 aromatic rings. The Bertz CT molecular complexity index is 1380. The van der Waals surface area contributed by atoms with Crippen molar-refractivity contribution >= 4 is 32.8 Å². The Hall–Kier alpha value is -2.92. The van der Waals surface area contributed by atoms with Crippen LogP contribution in [0, 0.1) is 6.57 Å². The number of halogens is 1. The lowest BCUT2D eigenvalue weighted by molar-refractivity contribution is 0.602. The number of nitrogens with zero attached hydrogens (tertiary/aromatic N) is 3. The molecule has 5 nitrogen and oxygen atoms in total. The van der Waals surface area contributed by atoms with Crippen LogP contribution in [0.25, 0.3) is 31.5 Å². The van der Waals surface area contributed by atoms with Crippen LogP contribution in [-0.2, 0) is 16.4 Å². The van der Waals surface area contributed by atoms with E-state index in [4.69, 9.17) is 18.2 Å². The van der Waals surface area contributed by atoms with Crippen LogP contribution in [0.5, 0.6) is 0 Å². The van der Waals surface area contributed by atoms with Crippen LogP contribution in [0.4, 0.5) is 0 Å². The quantitative estimate of drug-likeness (QED) is 0.362. The molecule has 0 saturated heterocycles. The van der Waals surface area contributed by atoms with Gasteiger partial charge in [0.05, 0.1) is 26.2 Å². The van der Waals surface area contributed by atoms with Crippen LogP contribution in [-0.4, -0.2) is 24.5 Å². The van der Waals surface area contributed by atoms with Crippen molar-refractivity contribution in [3.05, 3.63) is 88.9 Å². The van der Waals surface area contributed by atoms with Gasteiger partial charge in [-0.3, -0.25) is 0 Å². The van der Waals surface area contributed by atoms with Gasteiger partial charge in [0.1, 0.15) is 5.69 Å². The van der Waals surface area contributed by atoms with Gasteiger partial charge in [-0.25, -0.2) is 19.7 Å². The van der Waals surface area contributed by atoms with Gasteiger partial charge in [-0.2, -0.15) is 5.10 Å². The molecule has 0 spiro atoms. The molecule has 0 aliphatic rings. The lowest BCUT2D eigenvalue weighted by atomic mass is 10.2. The van der Waals surface area contributed by atoms with Crippen molar-refractivity contribution in [3.8, 4) is 26.7 Å². The molecule has 0 atom stereocenters. The minimum absolute atomic E-state index is 0.180. The van der Waals surface area contributed by atoms with E-state index in [2.05, 4.69) is 9.94 Å². The van der Waals surface area contributed by atoms with Gasteiger partial charge < -0.3 is 4.85 Å². The second-order valence-corrected chi connectivity index (χ2v) is 10.2. The second kappa shape index (κ2) is 8.07. The van der Waals surface area contributed by atoms with E-state index in [-0.39, 0.29) is 11.4 Å². The first-order valence-electron chi connectivity index (χ1n) is 8.94. The van der Waals surface area contributed by atoms with Gasteiger partial charge in [-0.15, -0.1) is 11.3 Å². The molecular weight excluding hydrogens is 438 g/mol. The van der Waals surface area contributed by atoms with Crippen LogP contribution in [0.3, 0.4) is 0 Å². The predicted octanol–water partition coefficient (Wildman–Crippen LogP) is 5.74. The topological polar surface area (TPSA) is 56.3 Å².